The molecular weight excluding hydrogens is 324 g/mol. The van der Waals surface area contributed by atoms with Crippen LogP contribution in [0.5, 0.6) is 0 Å². The molecule has 0 radical (unpaired) electrons. The summed E-state index contributed by atoms with van der Waals surface area (Å²) in [6, 6.07) is 11.1. The highest BCUT2D eigenvalue weighted by Gasteiger charge is 2.18. The van der Waals surface area contributed by atoms with Crippen LogP contribution in [0, 0.1) is 0 Å². The molecule has 1 aromatic carbocycles. The topological polar surface area (TPSA) is 45.1 Å². The van der Waals surface area contributed by atoms with E-state index in [4.69, 9.17) is 4.84 Å². The molecule has 1 saturated carbocycles. The van der Waals surface area contributed by atoms with Gasteiger partial charge in [0.05, 0.1) is 5.71 Å². The standard InChI is InChI=1S/C22H34N2O2/c1-17(2)24(18(3)4)15-21(25)16-26-23-22-13-9-8-12-20(22)14-19-10-6-5-7-11-19/h5-7,10-11,14,17-18,21,25H,8-9,12-13,15-16H2,1-4H3/b20-14+,23-22-. The van der Waals surface area contributed by atoms with Gasteiger partial charge in [0.1, 0.15) is 12.7 Å². The van der Waals surface area contributed by atoms with Crippen LogP contribution in [0.2, 0.25) is 0 Å². The summed E-state index contributed by atoms with van der Waals surface area (Å²) in [7, 11) is 0. The predicted octanol–water partition coefficient (Wildman–Crippen LogP) is 4.50. The Morgan fingerprint density at radius 2 is 1.73 bits per heavy atom. The molecular formula is C22H34N2O2. The van der Waals surface area contributed by atoms with Crippen LogP contribution in [0.1, 0.15) is 58.9 Å². The fraction of sp³-hybridized carbons (Fsp3) is 0.591. The molecule has 1 atom stereocenters. The fourth-order valence-electron chi connectivity index (χ4n) is 3.44. The van der Waals surface area contributed by atoms with Gasteiger partial charge in [-0.05, 0) is 70.6 Å². The molecule has 0 spiro atoms. The van der Waals surface area contributed by atoms with Gasteiger partial charge in [-0.1, -0.05) is 35.5 Å². The van der Waals surface area contributed by atoms with Gasteiger partial charge in [-0.15, -0.1) is 0 Å². The van der Waals surface area contributed by atoms with Crippen LogP contribution in [0.3, 0.4) is 0 Å². The lowest BCUT2D eigenvalue weighted by Crippen LogP contribution is -2.43. The summed E-state index contributed by atoms with van der Waals surface area (Å²) in [4.78, 5) is 7.80. The second kappa shape index (κ2) is 10.5. The number of benzene rings is 1. The zero-order chi connectivity index (χ0) is 18.9. The normalized spacial score (nSPS) is 19.7. The number of allylic oxidation sites excluding steroid dienone is 1. The molecule has 4 nitrogen and oxygen atoms in total. The largest absolute Gasteiger partial charge is 0.393 e. The molecule has 0 aliphatic heterocycles. The molecule has 1 aliphatic carbocycles. The van der Waals surface area contributed by atoms with Crippen molar-refractivity contribution in [2.75, 3.05) is 13.2 Å². The molecule has 1 fully saturated rings. The van der Waals surface area contributed by atoms with Gasteiger partial charge in [0, 0.05) is 18.6 Å². The van der Waals surface area contributed by atoms with Crippen LogP contribution in [-0.2, 0) is 4.84 Å². The number of aliphatic hydroxyl groups is 1. The lowest BCUT2D eigenvalue weighted by atomic mass is 9.91. The average molecular weight is 359 g/mol. The van der Waals surface area contributed by atoms with Crippen molar-refractivity contribution in [2.24, 2.45) is 5.16 Å². The monoisotopic (exact) mass is 358 g/mol. The Labute approximate surface area is 158 Å². The van der Waals surface area contributed by atoms with Gasteiger partial charge < -0.3 is 9.94 Å². The summed E-state index contributed by atoms with van der Waals surface area (Å²) >= 11 is 0. The Morgan fingerprint density at radius 3 is 2.38 bits per heavy atom. The van der Waals surface area contributed by atoms with Gasteiger partial charge >= 0.3 is 0 Å². The Bertz CT molecular complexity index is 585. The van der Waals surface area contributed by atoms with Crippen LogP contribution >= 0.6 is 0 Å². The Hall–Kier alpha value is -1.65. The number of oxime groups is 1. The smallest absolute Gasteiger partial charge is 0.144 e. The van der Waals surface area contributed by atoms with E-state index in [1.54, 1.807) is 0 Å². The molecule has 0 aromatic heterocycles. The van der Waals surface area contributed by atoms with Gasteiger partial charge in [0.25, 0.3) is 0 Å². The molecule has 0 amide bonds. The van der Waals surface area contributed by atoms with Crippen molar-refractivity contribution in [2.45, 2.75) is 71.6 Å². The van der Waals surface area contributed by atoms with Gasteiger partial charge in [-0.25, -0.2) is 0 Å². The van der Waals surface area contributed by atoms with Crippen molar-refractivity contribution in [1.82, 2.24) is 4.90 Å². The summed E-state index contributed by atoms with van der Waals surface area (Å²) in [6.07, 6.45) is 5.99. The highest BCUT2D eigenvalue weighted by molar-refractivity contribution is 6.03. The molecule has 0 heterocycles. The third-order valence-corrected chi connectivity index (χ3v) is 4.81. The maximum absolute atomic E-state index is 10.3. The molecule has 1 N–H and O–H groups in total. The van der Waals surface area contributed by atoms with E-state index < -0.39 is 6.10 Å². The first kappa shape index (κ1) is 20.7. The lowest BCUT2D eigenvalue weighted by Gasteiger charge is -2.32. The second-order valence-electron chi connectivity index (χ2n) is 7.66. The van der Waals surface area contributed by atoms with E-state index in [-0.39, 0.29) is 6.61 Å². The zero-order valence-electron chi connectivity index (χ0n) is 16.7. The van der Waals surface area contributed by atoms with Gasteiger partial charge in [0.15, 0.2) is 0 Å². The van der Waals surface area contributed by atoms with E-state index in [9.17, 15) is 5.11 Å². The minimum atomic E-state index is -0.533. The highest BCUT2D eigenvalue weighted by Crippen LogP contribution is 2.23. The Kier molecular flexibility index (Phi) is 8.33. The van der Waals surface area contributed by atoms with Gasteiger partial charge in [-0.2, -0.15) is 0 Å². The van der Waals surface area contributed by atoms with Crippen molar-refractivity contribution < 1.29 is 9.94 Å². The van der Waals surface area contributed by atoms with Crippen molar-refractivity contribution in [1.29, 1.82) is 0 Å². The number of nitrogens with zero attached hydrogens (tertiary/aromatic N) is 2. The summed E-state index contributed by atoms with van der Waals surface area (Å²) in [6.45, 7) is 9.44. The molecule has 4 heteroatoms. The number of hydrogen-bond donors (Lipinski definition) is 1. The third-order valence-electron chi connectivity index (χ3n) is 4.81. The highest BCUT2D eigenvalue weighted by atomic mass is 16.6. The van der Waals surface area contributed by atoms with Crippen molar-refractivity contribution in [3.05, 3.63) is 41.5 Å². The number of aliphatic hydroxyl groups excluding tert-OH is 1. The van der Waals surface area contributed by atoms with Crippen LogP contribution < -0.4 is 0 Å². The van der Waals surface area contributed by atoms with Crippen molar-refractivity contribution >= 4 is 11.8 Å². The molecule has 0 saturated heterocycles. The van der Waals surface area contributed by atoms with Crippen LogP contribution in [0.25, 0.3) is 6.08 Å². The maximum atomic E-state index is 10.3. The molecule has 2 rings (SSSR count). The summed E-state index contributed by atoms with van der Waals surface area (Å²) in [5.74, 6) is 0. The van der Waals surface area contributed by atoms with Crippen molar-refractivity contribution in [3.8, 4) is 0 Å². The molecule has 1 aromatic rings. The minimum absolute atomic E-state index is 0.234. The van der Waals surface area contributed by atoms with E-state index in [1.165, 1.54) is 17.6 Å². The fourth-order valence-corrected chi connectivity index (χ4v) is 3.44. The Morgan fingerprint density at radius 1 is 1.08 bits per heavy atom. The predicted molar refractivity (Wildman–Crippen MR) is 109 cm³/mol. The first-order valence-corrected chi connectivity index (χ1v) is 9.86. The molecule has 0 bridgehead atoms. The lowest BCUT2D eigenvalue weighted by molar-refractivity contribution is 0.00578. The van der Waals surface area contributed by atoms with E-state index in [1.807, 2.05) is 18.2 Å². The quantitative estimate of drug-likeness (QED) is 0.696. The number of hydrogen-bond acceptors (Lipinski definition) is 4. The van der Waals surface area contributed by atoms with Gasteiger partial charge in [0.2, 0.25) is 0 Å². The summed E-state index contributed by atoms with van der Waals surface area (Å²) in [5.41, 5.74) is 3.47. The molecule has 26 heavy (non-hydrogen) atoms. The zero-order valence-corrected chi connectivity index (χ0v) is 16.7. The number of rotatable bonds is 8. The van der Waals surface area contributed by atoms with Crippen LogP contribution in [-0.4, -0.2) is 47.1 Å². The van der Waals surface area contributed by atoms with Gasteiger partial charge in [-0.3, -0.25) is 4.90 Å². The van der Waals surface area contributed by atoms with E-state index in [0.717, 1.165) is 25.0 Å². The molecule has 1 aliphatic rings. The SMILES string of the molecule is CC(C)N(CC(O)CO/N=C1/CCCC/C1=C\c1ccccc1)C(C)C. The van der Waals surface area contributed by atoms with E-state index in [2.05, 4.69) is 56.0 Å². The second-order valence-corrected chi connectivity index (χ2v) is 7.66. The summed E-state index contributed by atoms with van der Waals surface area (Å²) in [5, 5.41) is 14.7. The summed E-state index contributed by atoms with van der Waals surface area (Å²) < 4.78 is 0. The van der Waals surface area contributed by atoms with E-state index in [0.29, 0.717) is 18.6 Å². The van der Waals surface area contributed by atoms with E-state index >= 15 is 0 Å². The minimum Gasteiger partial charge on any atom is -0.393 e. The molecule has 1 unspecified atom stereocenters. The van der Waals surface area contributed by atoms with Crippen LogP contribution in [0.4, 0.5) is 0 Å². The van der Waals surface area contributed by atoms with Crippen LogP contribution in [0.15, 0.2) is 41.1 Å². The third kappa shape index (κ3) is 6.58. The average Bonchev–Trinajstić information content (AvgIpc) is 2.61. The Balaban J connectivity index is 1.93. The first-order chi connectivity index (χ1) is 12.5. The first-order valence-electron chi connectivity index (χ1n) is 9.86. The molecule has 144 valence electrons. The van der Waals surface area contributed by atoms with Crippen molar-refractivity contribution in [3.63, 3.8) is 0 Å². The maximum Gasteiger partial charge on any atom is 0.144 e.